The lowest BCUT2D eigenvalue weighted by Gasteiger charge is -2.43. The van der Waals surface area contributed by atoms with Crippen molar-refractivity contribution in [2.24, 2.45) is 5.92 Å². The Labute approximate surface area is 148 Å². The van der Waals surface area contributed by atoms with Crippen molar-refractivity contribution in [1.29, 1.82) is 0 Å². The van der Waals surface area contributed by atoms with Crippen LogP contribution in [-0.2, 0) is 10.3 Å². The van der Waals surface area contributed by atoms with Gasteiger partial charge in [0.1, 0.15) is 5.54 Å². The van der Waals surface area contributed by atoms with Crippen LogP contribution < -0.4 is 0 Å². The fourth-order valence-corrected chi connectivity index (χ4v) is 3.70. The topological polar surface area (TPSA) is 73.1 Å². The molecule has 7 heteroatoms. The van der Waals surface area contributed by atoms with Gasteiger partial charge in [-0.25, -0.2) is 4.79 Å². The van der Waals surface area contributed by atoms with Crippen LogP contribution in [0.4, 0.5) is 4.79 Å². The fraction of sp³-hybridized carbons (Fsp3) is 0.556. The summed E-state index contributed by atoms with van der Waals surface area (Å²) >= 11 is 0. The van der Waals surface area contributed by atoms with Crippen molar-refractivity contribution in [2.75, 3.05) is 14.2 Å². The van der Waals surface area contributed by atoms with Crippen LogP contribution in [0.1, 0.15) is 44.0 Å². The van der Waals surface area contributed by atoms with E-state index in [0.717, 1.165) is 36.9 Å². The minimum Gasteiger partial charge on any atom is -0.453 e. The Balaban J connectivity index is 2.11. The summed E-state index contributed by atoms with van der Waals surface area (Å²) in [6, 6.07) is 7.97. The Hall–Kier alpha value is -2.44. The van der Waals surface area contributed by atoms with E-state index in [-0.39, 0.29) is 6.09 Å². The Kier molecular flexibility index (Phi) is 4.74. The summed E-state index contributed by atoms with van der Waals surface area (Å²) in [5.74, 6) is 1.32. The number of amides is 1. The largest absolute Gasteiger partial charge is 0.453 e. The predicted octanol–water partition coefficient (Wildman–Crippen LogP) is 3.07. The number of aromatic nitrogens is 4. The first kappa shape index (κ1) is 17.4. The highest BCUT2D eigenvalue weighted by molar-refractivity contribution is 5.68. The SMILES string of the molecule is COC(=O)N(C)C1(c2nnnn2-c2ccccc2C)CCC(C)CC1. The molecule has 134 valence electrons. The van der Waals surface area contributed by atoms with E-state index in [1.165, 1.54) is 7.11 Å². The number of para-hydroxylation sites is 1. The molecule has 3 rings (SSSR count). The van der Waals surface area contributed by atoms with Gasteiger partial charge < -0.3 is 4.74 Å². The van der Waals surface area contributed by atoms with Gasteiger partial charge in [-0.15, -0.1) is 5.10 Å². The van der Waals surface area contributed by atoms with Gasteiger partial charge in [-0.1, -0.05) is 25.1 Å². The van der Waals surface area contributed by atoms with Crippen molar-refractivity contribution in [3.63, 3.8) is 0 Å². The van der Waals surface area contributed by atoms with Crippen LogP contribution in [0.5, 0.6) is 0 Å². The van der Waals surface area contributed by atoms with E-state index in [1.54, 1.807) is 16.6 Å². The van der Waals surface area contributed by atoms with E-state index in [4.69, 9.17) is 4.74 Å². The summed E-state index contributed by atoms with van der Waals surface area (Å²) < 4.78 is 6.76. The second-order valence-corrected chi connectivity index (χ2v) is 6.94. The fourth-order valence-electron chi connectivity index (χ4n) is 3.70. The first-order valence-electron chi connectivity index (χ1n) is 8.66. The summed E-state index contributed by atoms with van der Waals surface area (Å²) in [7, 11) is 3.18. The Bertz CT molecular complexity index is 749. The number of nitrogens with zero attached hydrogens (tertiary/aromatic N) is 5. The van der Waals surface area contributed by atoms with E-state index < -0.39 is 5.54 Å². The third kappa shape index (κ3) is 2.99. The molecule has 0 radical (unpaired) electrons. The number of rotatable bonds is 3. The lowest BCUT2D eigenvalue weighted by Crippen LogP contribution is -2.50. The van der Waals surface area contributed by atoms with Gasteiger partial charge in [0, 0.05) is 7.05 Å². The molecule has 1 aromatic heterocycles. The van der Waals surface area contributed by atoms with Gasteiger partial charge in [-0.2, -0.15) is 4.68 Å². The number of carbonyl (C=O) groups excluding carboxylic acids is 1. The summed E-state index contributed by atoms with van der Waals surface area (Å²) in [4.78, 5) is 14.0. The van der Waals surface area contributed by atoms with Crippen molar-refractivity contribution in [3.8, 4) is 5.69 Å². The summed E-state index contributed by atoms with van der Waals surface area (Å²) in [5.41, 5.74) is 1.45. The van der Waals surface area contributed by atoms with Gasteiger partial charge in [0.25, 0.3) is 0 Å². The first-order valence-corrected chi connectivity index (χ1v) is 8.66. The second kappa shape index (κ2) is 6.82. The van der Waals surface area contributed by atoms with Gasteiger partial charge in [-0.3, -0.25) is 4.90 Å². The van der Waals surface area contributed by atoms with Crippen LogP contribution in [0.3, 0.4) is 0 Å². The number of tetrazole rings is 1. The number of hydrogen-bond donors (Lipinski definition) is 0. The molecular formula is C18H25N5O2. The van der Waals surface area contributed by atoms with E-state index >= 15 is 0 Å². The molecular weight excluding hydrogens is 318 g/mol. The third-order valence-corrected chi connectivity index (χ3v) is 5.42. The monoisotopic (exact) mass is 343 g/mol. The summed E-state index contributed by atoms with van der Waals surface area (Å²) in [6.45, 7) is 4.27. The summed E-state index contributed by atoms with van der Waals surface area (Å²) in [6.07, 6.45) is 3.29. The van der Waals surface area contributed by atoms with Crippen LogP contribution in [0, 0.1) is 12.8 Å². The number of hydrogen-bond acceptors (Lipinski definition) is 5. The third-order valence-electron chi connectivity index (χ3n) is 5.42. The van der Waals surface area contributed by atoms with E-state index in [1.807, 2.05) is 31.2 Å². The van der Waals surface area contributed by atoms with Gasteiger partial charge in [0.2, 0.25) is 0 Å². The van der Waals surface area contributed by atoms with Crippen LogP contribution in [-0.4, -0.2) is 45.4 Å². The van der Waals surface area contributed by atoms with Gasteiger partial charge >= 0.3 is 6.09 Å². The molecule has 7 nitrogen and oxygen atoms in total. The Morgan fingerprint density at radius 2 is 2.00 bits per heavy atom. The molecule has 1 heterocycles. The van der Waals surface area contributed by atoms with Crippen LogP contribution >= 0.6 is 0 Å². The molecule has 0 aliphatic heterocycles. The van der Waals surface area contributed by atoms with E-state index in [0.29, 0.717) is 11.7 Å². The molecule has 1 aliphatic rings. The van der Waals surface area contributed by atoms with Crippen molar-refractivity contribution >= 4 is 6.09 Å². The molecule has 1 aliphatic carbocycles. The lowest BCUT2D eigenvalue weighted by molar-refractivity contribution is 0.0383. The molecule has 2 aromatic rings. The molecule has 1 fully saturated rings. The quantitative estimate of drug-likeness (QED) is 0.856. The van der Waals surface area contributed by atoms with Gasteiger partial charge in [0.05, 0.1) is 12.8 Å². The maximum Gasteiger partial charge on any atom is 0.410 e. The standard InChI is InChI=1S/C18H25N5O2/c1-13-9-11-18(12-10-13,22(3)17(24)25-4)16-19-20-21-23(16)15-8-6-5-7-14(15)2/h5-8,13H,9-12H2,1-4H3. The molecule has 0 unspecified atom stereocenters. The zero-order chi connectivity index (χ0) is 18.0. The summed E-state index contributed by atoms with van der Waals surface area (Å²) in [5, 5.41) is 12.5. The highest BCUT2D eigenvalue weighted by atomic mass is 16.5. The normalized spacial score (nSPS) is 23.3. The number of methoxy groups -OCH3 is 1. The molecule has 25 heavy (non-hydrogen) atoms. The number of carbonyl (C=O) groups is 1. The molecule has 1 aromatic carbocycles. The second-order valence-electron chi connectivity index (χ2n) is 6.94. The van der Waals surface area contributed by atoms with Crippen molar-refractivity contribution in [3.05, 3.63) is 35.7 Å². The maximum absolute atomic E-state index is 12.3. The molecule has 0 spiro atoms. The van der Waals surface area contributed by atoms with Crippen LogP contribution in [0.2, 0.25) is 0 Å². The Morgan fingerprint density at radius 3 is 2.64 bits per heavy atom. The zero-order valence-electron chi connectivity index (χ0n) is 15.3. The minimum absolute atomic E-state index is 0.367. The number of benzene rings is 1. The predicted molar refractivity (Wildman–Crippen MR) is 93.4 cm³/mol. The van der Waals surface area contributed by atoms with Crippen molar-refractivity contribution < 1.29 is 9.53 Å². The Morgan fingerprint density at radius 1 is 1.32 bits per heavy atom. The lowest BCUT2D eigenvalue weighted by atomic mass is 9.75. The molecule has 1 saturated carbocycles. The molecule has 0 atom stereocenters. The number of aryl methyl sites for hydroxylation is 1. The number of ether oxygens (including phenoxy) is 1. The first-order chi connectivity index (χ1) is 12.0. The maximum atomic E-state index is 12.3. The average molecular weight is 343 g/mol. The van der Waals surface area contributed by atoms with E-state index in [2.05, 4.69) is 22.4 Å². The van der Waals surface area contributed by atoms with Gasteiger partial charge in [0.15, 0.2) is 5.82 Å². The minimum atomic E-state index is -0.564. The zero-order valence-corrected chi connectivity index (χ0v) is 15.3. The molecule has 0 N–H and O–H groups in total. The molecule has 0 saturated heterocycles. The highest BCUT2D eigenvalue weighted by Crippen LogP contribution is 2.43. The smallest absolute Gasteiger partial charge is 0.410 e. The molecule has 1 amide bonds. The van der Waals surface area contributed by atoms with Crippen LogP contribution in [0.15, 0.2) is 24.3 Å². The average Bonchev–Trinajstić information content (AvgIpc) is 3.12. The highest BCUT2D eigenvalue weighted by Gasteiger charge is 2.46. The van der Waals surface area contributed by atoms with Crippen molar-refractivity contribution in [1.82, 2.24) is 25.1 Å². The molecule has 0 bridgehead atoms. The van der Waals surface area contributed by atoms with Gasteiger partial charge in [-0.05, 0) is 60.6 Å². The van der Waals surface area contributed by atoms with Crippen LogP contribution in [0.25, 0.3) is 5.69 Å². The van der Waals surface area contributed by atoms with Crippen molar-refractivity contribution in [2.45, 2.75) is 45.1 Å². The van der Waals surface area contributed by atoms with E-state index in [9.17, 15) is 4.79 Å².